The van der Waals surface area contributed by atoms with Crippen molar-refractivity contribution in [1.29, 1.82) is 0 Å². The van der Waals surface area contributed by atoms with Gasteiger partial charge in [-0.05, 0) is 25.0 Å². The molecule has 0 fully saturated rings. The molecule has 1 aromatic heterocycles. The van der Waals surface area contributed by atoms with Gasteiger partial charge in [-0.25, -0.2) is 0 Å². The second-order valence-electron chi connectivity index (χ2n) is 6.29. The molecule has 0 aliphatic carbocycles. The lowest BCUT2D eigenvalue weighted by atomic mass is 10.1. The molecule has 0 aliphatic heterocycles. The van der Waals surface area contributed by atoms with E-state index in [9.17, 15) is 4.79 Å². The summed E-state index contributed by atoms with van der Waals surface area (Å²) >= 11 is 0. The van der Waals surface area contributed by atoms with E-state index in [4.69, 9.17) is 4.74 Å². The summed E-state index contributed by atoms with van der Waals surface area (Å²) in [4.78, 5) is 14.5. The number of carbonyl (C=O) groups is 1. The molecule has 4 heteroatoms. The Kier molecular flexibility index (Phi) is 10.5. The Morgan fingerprint density at radius 3 is 2.57 bits per heavy atom. The van der Waals surface area contributed by atoms with Gasteiger partial charge in [-0.1, -0.05) is 39.0 Å². The van der Waals surface area contributed by atoms with Crippen LogP contribution in [0.4, 0.5) is 0 Å². The highest BCUT2D eigenvalue weighted by Crippen LogP contribution is 2.11. The fourth-order valence-electron chi connectivity index (χ4n) is 2.76. The summed E-state index contributed by atoms with van der Waals surface area (Å²) in [6.07, 6.45) is 10.9. The summed E-state index contributed by atoms with van der Waals surface area (Å²) in [5.41, 5.74) is 1.18. The average molecular weight is 322 g/mol. The van der Waals surface area contributed by atoms with Crippen molar-refractivity contribution in [1.82, 2.24) is 9.47 Å². The molecule has 4 nitrogen and oxygen atoms in total. The van der Waals surface area contributed by atoms with E-state index in [0.29, 0.717) is 19.6 Å². The van der Waals surface area contributed by atoms with Crippen molar-refractivity contribution in [2.45, 2.75) is 64.8 Å². The number of hydrogen-bond donors (Lipinski definition) is 0. The molecular weight excluding hydrogens is 288 g/mol. The molecule has 132 valence electrons. The van der Waals surface area contributed by atoms with Gasteiger partial charge in [-0.2, -0.15) is 0 Å². The molecular formula is C19H34N2O2. The monoisotopic (exact) mass is 322 g/mol. The third-order valence-electron chi connectivity index (χ3n) is 4.28. The molecule has 1 aromatic rings. The number of ether oxygens (including phenoxy) is 1. The van der Waals surface area contributed by atoms with Crippen LogP contribution in [0.5, 0.6) is 0 Å². The quantitative estimate of drug-likeness (QED) is 0.512. The van der Waals surface area contributed by atoms with Crippen molar-refractivity contribution >= 4 is 5.91 Å². The second kappa shape index (κ2) is 12.2. The van der Waals surface area contributed by atoms with Gasteiger partial charge in [0.25, 0.3) is 0 Å². The number of amides is 1. The Bertz CT molecular complexity index is 429. The Morgan fingerprint density at radius 2 is 1.91 bits per heavy atom. The highest BCUT2D eigenvalue weighted by molar-refractivity contribution is 5.76. The summed E-state index contributed by atoms with van der Waals surface area (Å²) in [7, 11) is 3.74. The van der Waals surface area contributed by atoms with E-state index in [1.54, 1.807) is 7.11 Å². The number of hydrogen-bond acceptors (Lipinski definition) is 2. The molecule has 1 rings (SSSR count). The molecule has 23 heavy (non-hydrogen) atoms. The summed E-state index contributed by atoms with van der Waals surface area (Å²) in [5, 5.41) is 0. The van der Waals surface area contributed by atoms with Crippen molar-refractivity contribution in [3.63, 3.8) is 0 Å². The Hall–Kier alpha value is -1.29. The molecule has 0 aliphatic rings. The van der Waals surface area contributed by atoms with Crippen LogP contribution in [0.3, 0.4) is 0 Å². The zero-order chi connectivity index (χ0) is 16.9. The fraction of sp³-hybridized carbons (Fsp3) is 0.737. The lowest BCUT2D eigenvalue weighted by Crippen LogP contribution is -2.32. The van der Waals surface area contributed by atoms with Crippen LogP contribution in [-0.4, -0.2) is 35.6 Å². The molecule has 0 bridgehead atoms. The van der Waals surface area contributed by atoms with Gasteiger partial charge in [-0.15, -0.1) is 0 Å². The first-order valence-electron chi connectivity index (χ1n) is 9.06. The van der Waals surface area contributed by atoms with Gasteiger partial charge in [0, 0.05) is 45.6 Å². The SMILES string of the molecule is CCCCCCCCC(=O)N(CCCOC)Cc1cccn1C. The van der Waals surface area contributed by atoms with E-state index in [1.165, 1.54) is 37.8 Å². The lowest BCUT2D eigenvalue weighted by molar-refractivity contribution is -0.132. The zero-order valence-corrected chi connectivity index (χ0v) is 15.2. The van der Waals surface area contributed by atoms with Crippen molar-refractivity contribution < 1.29 is 9.53 Å². The number of aryl methyl sites for hydroxylation is 1. The van der Waals surface area contributed by atoms with Crippen molar-refractivity contribution in [3.05, 3.63) is 24.0 Å². The van der Waals surface area contributed by atoms with E-state index < -0.39 is 0 Å². The molecule has 1 amide bonds. The maximum absolute atomic E-state index is 12.5. The van der Waals surface area contributed by atoms with Crippen molar-refractivity contribution in [2.24, 2.45) is 7.05 Å². The fourth-order valence-corrected chi connectivity index (χ4v) is 2.76. The molecule has 0 saturated carbocycles. The smallest absolute Gasteiger partial charge is 0.222 e. The maximum atomic E-state index is 12.5. The average Bonchev–Trinajstić information content (AvgIpc) is 2.95. The topological polar surface area (TPSA) is 34.5 Å². The Balaban J connectivity index is 2.40. The number of rotatable bonds is 13. The van der Waals surface area contributed by atoms with E-state index in [-0.39, 0.29) is 5.91 Å². The Labute approximate surface area is 141 Å². The Morgan fingerprint density at radius 1 is 1.17 bits per heavy atom. The predicted octanol–water partition coefficient (Wildman–Crippen LogP) is 4.14. The number of aromatic nitrogens is 1. The number of unbranched alkanes of at least 4 members (excludes halogenated alkanes) is 5. The molecule has 0 aromatic carbocycles. The summed E-state index contributed by atoms with van der Waals surface area (Å²) < 4.78 is 7.21. The van der Waals surface area contributed by atoms with Crippen molar-refractivity contribution in [2.75, 3.05) is 20.3 Å². The molecule has 0 spiro atoms. The molecule has 1 heterocycles. The zero-order valence-electron chi connectivity index (χ0n) is 15.2. The van der Waals surface area contributed by atoms with Gasteiger partial charge in [-0.3, -0.25) is 4.79 Å². The normalized spacial score (nSPS) is 10.9. The number of carbonyl (C=O) groups excluding carboxylic acids is 1. The third-order valence-corrected chi connectivity index (χ3v) is 4.28. The standard InChI is InChI=1S/C19H34N2O2/c1-4-5-6-7-8-9-13-19(22)21(15-11-16-23-3)17-18-12-10-14-20(18)2/h10,12,14H,4-9,11,13,15-17H2,1-3H3. The molecule has 0 unspecified atom stereocenters. The van der Waals surface area contributed by atoms with E-state index in [1.807, 2.05) is 24.2 Å². The third kappa shape index (κ3) is 8.21. The van der Waals surface area contributed by atoms with Crippen LogP contribution in [0, 0.1) is 0 Å². The van der Waals surface area contributed by atoms with E-state index >= 15 is 0 Å². The van der Waals surface area contributed by atoms with E-state index in [2.05, 4.69) is 17.6 Å². The molecule has 0 saturated heterocycles. The van der Waals surface area contributed by atoms with Crippen LogP contribution < -0.4 is 0 Å². The van der Waals surface area contributed by atoms with E-state index in [0.717, 1.165) is 19.4 Å². The first-order chi connectivity index (χ1) is 11.2. The van der Waals surface area contributed by atoms with Gasteiger partial charge >= 0.3 is 0 Å². The van der Waals surface area contributed by atoms with Crippen molar-refractivity contribution in [3.8, 4) is 0 Å². The molecule has 0 N–H and O–H groups in total. The highest BCUT2D eigenvalue weighted by Gasteiger charge is 2.14. The van der Waals surface area contributed by atoms with Gasteiger partial charge < -0.3 is 14.2 Å². The minimum atomic E-state index is 0.276. The van der Waals surface area contributed by atoms with Crippen LogP contribution in [0.15, 0.2) is 18.3 Å². The van der Waals surface area contributed by atoms with Gasteiger partial charge in [0.1, 0.15) is 0 Å². The van der Waals surface area contributed by atoms with Crippen LogP contribution >= 0.6 is 0 Å². The number of nitrogens with zero attached hydrogens (tertiary/aromatic N) is 2. The van der Waals surface area contributed by atoms with Crippen LogP contribution in [-0.2, 0) is 23.1 Å². The van der Waals surface area contributed by atoms with Crippen LogP contribution in [0.25, 0.3) is 0 Å². The minimum absolute atomic E-state index is 0.276. The molecule has 0 atom stereocenters. The lowest BCUT2D eigenvalue weighted by Gasteiger charge is -2.23. The summed E-state index contributed by atoms with van der Waals surface area (Å²) in [6, 6.07) is 4.11. The molecule has 0 radical (unpaired) electrons. The van der Waals surface area contributed by atoms with Gasteiger partial charge in [0.15, 0.2) is 0 Å². The first kappa shape index (κ1) is 19.8. The summed E-state index contributed by atoms with van der Waals surface area (Å²) in [5.74, 6) is 0.276. The van der Waals surface area contributed by atoms with Gasteiger partial charge in [0.2, 0.25) is 5.91 Å². The van der Waals surface area contributed by atoms with Crippen LogP contribution in [0.1, 0.15) is 64.0 Å². The minimum Gasteiger partial charge on any atom is -0.385 e. The first-order valence-corrected chi connectivity index (χ1v) is 9.06. The second-order valence-corrected chi connectivity index (χ2v) is 6.29. The van der Waals surface area contributed by atoms with Crippen LogP contribution in [0.2, 0.25) is 0 Å². The highest BCUT2D eigenvalue weighted by atomic mass is 16.5. The number of methoxy groups -OCH3 is 1. The largest absolute Gasteiger partial charge is 0.385 e. The van der Waals surface area contributed by atoms with Gasteiger partial charge in [0.05, 0.1) is 6.54 Å². The predicted molar refractivity (Wildman–Crippen MR) is 95.3 cm³/mol. The summed E-state index contributed by atoms with van der Waals surface area (Å²) in [6.45, 7) is 4.40. The maximum Gasteiger partial charge on any atom is 0.222 e.